The molecule has 0 fully saturated rings. The molecule has 0 atom stereocenters. The molecular formula is C22H24ClN3O3. The molecule has 29 heavy (non-hydrogen) atoms. The lowest BCUT2D eigenvalue weighted by atomic mass is 10.0. The Kier molecular flexibility index (Phi) is 7.01. The van der Waals surface area contributed by atoms with E-state index in [9.17, 15) is 9.59 Å². The summed E-state index contributed by atoms with van der Waals surface area (Å²) in [5.74, 6) is 0.463. The molecule has 1 heterocycles. The van der Waals surface area contributed by atoms with Crippen LogP contribution in [-0.2, 0) is 29.0 Å². The van der Waals surface area contributed by atoms with Gasteiger partial charge in [0.2, 0.25) is 0 Å². The molecule has 6 nitrogen and oxygen atoms in total. The minimum absolute atomic E-state index is 0.0330. The molecule has 0 amide bonds. The SMILES string of the molecule is COCCn1c(-c2ccc(Cl)cc2)nn(CC(=O)CCc2ccccc2C)c1=O. The first-order valence-corrected chi connectivity index (χ1v) is 9.86. The smallest absolute Gasteiger partial charge is 0.346 e. The van der Waals surface area contributed by atoms with Crippen LogP contribution in [0.3, 0.4) is 0 Å². The zero-order valence-corrected chi connectivity index (χ0v) is 17.4. The van der Waals surface area contributed by atoms with Crippen molar-refractivity contribution in [3.05, 3.63) is 75.2 Å². The first-order chi connectivity index (χ1) is 14.0. The number of hydrogen-bond acceptors (Lipinski definition) is 4. The molecule has 1 aromatic heterocycles. The van der Waals surface area contributed by atoms with Gasteiger partial charge in [0.05, 0.1) is 13.2 Å². The first-order valence-electron chi connectivity index (χ1n) is 9.48. The van der Waals surface area contributed by atoms with Crippen LogP contribution in [0.25, 0.3) is 11.4 Å². The van der Waals surface area contributed by atoms with Crippen LogP contribution in [0.5, 0.6) is 0 Å². The van der Waals surface area contributed by atoms with E-state index in [2.05, 4.69) is 5.10 Å². The number of nitrogens with zero attached hydrogens (tertiary/aromatic N) is 3. The van der Waals surface area contributed by atoms with Crippen molar-refractivity contribution < 1.29 is 9.53 Å². The van der Waals surface area contributed by atoms with Gasteiger partial charge in [-0.2, -0.15) is 0 Å². The number of rotatable bonds is 9. The van der Waals surface area contributed by atoms with E-state index in [1.807, 2.05) is 31.2 Å². The Hall–Kier alpha value is -2.70. The van der Waals surface area contributed by atoms with E-state index in [-0.39, 0.29) is 18.0 Å². The number of ketones is 1. The summed E-state index contributed by atoms with van der Waals surface area (Å²) in [6.07, 6.45) is 1.01. The molecule has 0 aliphatic rings. The third-order valence-electron chi connectivity index (χ3n) is 4.80. The topological polar surface area (TPSA) is 66.1 Å². The molecule has 7 heteroatoms. The molecule has 2 aromatic carbocycles. The Balaban J connectivity index is 1.79. The fourth-order valence-corrected chi connectivity index (χ4v) is 3.28. The molecule has 0 radical (unpaired) electrons. The van der Waals surface area contributed by atoms with E-state index in [1.165, 1.54) is 9.25 Å². The average Bonchev–Trinajstić information content (AvgIpc) is 3.01. The number of halogens is 1. The Morgan fingerprint density at radius 3 is 2.55 bits per heavy atom. The van der Waals surface area contributed by atoms with Gasteiger partial charge in [-0.05, 0) is 48.7 Å². The van der Waals surface area contributed by atoms with Crippen LogP contribution < -0.4 is 5.69 Å². The number of aromatic nitrogens is 3. The van der Waals surface area contributed by atoms with Crippen LogP contribution in [0, 0.1) is 6.92 Å². The van der Waals surface area contributed by atoms with Crippen LogP contribution in [0.15, 0.2) is 53.3 Å². The zero-order valence-electron chi connectivity index (χ0n) is 16.6. The average molecular weight is 414 g/mol. The Morgan fingerprint density at radius 2 is 1.86 bits per heavy atom. The zero-order chi connectivity index (χ0) is 20.8. The summed E-state index contributed by atoms with van der Waals surface area (Å²) in [4.78, 5) is 25.3. The maximum Gasteiger partial charge on any atom is 0.346 e. The van der Waals surface area contributed by atoms with Gasteiger partial charge in [0.1, 0.15) is 6.54 Å². The molecule has 152 valence electrons. The highest BCUT2D eigenvalue weighted by Crippen LogP contribution is 2.19. The van der Waals surface area contributed by atoms with Gasteiger partial charge in [-0.3, -0.25) is 9.36 Å². The minimum Gasteiger partial charge on any atom is -0.383 e. The Morgan fingerprint density at radius 1 is 1.14 bits per heavy atom. The monoisotopic (exact) mass is 413 g/mol. The molecule has 0 bridgehead atoms. The van der Waals surface area contributed by atoms with Crippen molar-refractivity contribution in [2.75, 3.05) is 13.7 Å². The van der Waals surface area contributed by atoms with Gasteiger partial charge in [0.25, 0.3) is 0 Å². The predicted octanol–water partition coefficient (Wildman–Crippen LogP) is 3.52. The highest BCUT2D eigenvalue weighted by molar-refractivity contribution is 6.30. The van der Waals surface area contributed by atoms with Crippen LogP contribution in [-0.4, -0.2) is 33.8 Å². The molecule has 0 unspecified atom stereocenters. The molecule has 3 rings (SSSR count). The number of hydrogen-bond donors (Lipinski definition) is 0. The molecule has 0 N–H and O–H groups in total. The molecule has 0 spiro atoms. The Bertz CT molecular complexity index is 1040. The largest absolute Gasteiger partial charge is 0.383 e. The lowest BCUT2D eigenvalue weighted by Crippen LogP contribution is -2.29. The highest BCUT2D eigenvalue weighted by atomic mass is 35.5. The third-order valence-corrected chi connectivity index (χ3v) is 5.06. The second-order valence-corrected chi connectivity index (χ2v) is 7.32. The quantitative estimate of drug-likeness (QED) is 0.538. The molecule has 0 aliphatic carbocycles. The fourth-order valence-electron chi connectivity index (χ4n) is 3.15. The number of aryl methyl sites for hydroxylation is 2. The van der Waals surface area contributed by atoms with Crippen molar-refractivity contribution in [1.29, 1.82) is 0 Å². The summed E-state index contributed by atoms with van der Waals surface area (Å²) < 4.78 is 7.88. The highest BCUT2D eigenvalue weighted by Gasteiger charge is 2.17. The second-order valence-electron chi connectivity index (χ2n) is 6.88. The van der Waals surface area contributed by atoms with Crippen LogP contribution >= 0.6 is 11.6 Å². The van der Waals surface area contributed by atoms with E-state index >= 15 is 0 Å². The van der Waals surface area contributed by atoms with Crippen molar-refractivity contribution in [2.45, 2.75) is 32.9 Å². The number of carbonyl (C=O) groups excluding carboxylic acids is 1. The summed E-state index contributed by atoms with van der Waals surface area (Å²) in [7, 11) is 1.58. The predicted molar refractivity (Wildman–Crippen MR) is 113 cm³/mol. The standard InChI is InChI=1S/C22H24ClN3O3/c1-16-5-3-4-6-17(16)9-12-20(27)15-26-22(28)25(13-14-29-2)21(24-26)18-7-10-19(23)11-8-18/h3-8,10-11H,9,12-15H2,1-2H3. The van der Waals surface area contributed by atoms with Gasteiger partial charge >= 0.3 is 5.69 Å². The van der Waals surface area contributed by atoms with Gasteiger partial charge in [0.15, 0.2) is 11.6 Å². The molecule has 0 saturated heterocycles. The third kappa shape index (κ3) is 5.22. The van der Waals surface area contributed by atoms with Gasteiger partial charge in [-0.15, -0.1) is 5.10 Å². The molecular weight excluding hydrogens is 390 g/mol. The summed E-state index contributed by atoms with van der Waals surface area (Å²) in [5.41, 5.74) is 2.73. The van der Waals surface area contributed by atoms with Gasteiger partial charge < -0.3 is 4.74 Å². The fraction of sp³-hybridized carbons (Fsp3) is 0.318. The number of Topliss-reactive ketones (excluding diaryl/α,β-unsaturated/α-hetero) is 1. The second kappa shape index (κ2) is 9.67. The first kappa shape index (κ1) is 21.0. The van der Waals surface area contributed by atoms with Gasteiger partial charge in [0, 0.05) is 24.1 Å². The van der Waals surface area contributed by atoms with E-state index in [0.29, 0.717) is 36.8 Å². The summed E-state index contributed by atoms with van der Waals surface area (Å²) in [6, 6.07) is 15.1. The number of ether oxygens (including phenoxy) is 1. The molecule has 0 aliphatic heterocycles. The van der Waals surface area contributed by atoms with E-state index in [1.54, 1.807) is 31.4 Å². The number of carbonyl (C=O) groups is 1. The van der Waals surface area contributed by atoms with Crippen LogP contribution in [0.1, 0.15) is 17.5 Å². The molecule has 3 aromatic rings. The van der Waals surface area contributed by atoms with Crippen molar-refractivity contribution in [3.8, 4) is 11.4 Å². The van der Waals surface area contributed by atoms with E-state index < -0.39 is 0 Å². The van der Waals surface area contributed by atoms with E-state index in [4.69, 9.17) is 16.3 Å². The van der Waals surface area contributed by atoms with E-state index in [0.717, 1.165) is 16.7 Å². The van der Waals surface area contributed by atoms with Crippen molar-refractivity contribution in [3.63, 3.8) is 0 Å². The molecule has 0 saturated carbocycles. The van der Waals surface area contributed by atoms with Crippen LogP contribution in [0.2, 0.25) is 5.02 Å². The summed E-state index contributed by atoms with van der Waals surface area (Å²) >= 11 is 5.97. The number of benzene rings is 2. The maximum absolute atomic E-state index is 12.8. The summed E-state index contributed by atoms with van der Waals surface area (Å²) in [5, 5.41) is 5.02. The lowest BCUT2D eigenvalue weighted by Gasteiger charge is -2.05. The lowest BCUT2D eigenvalue weighted by molar-refractivity contribution is -0.119. The summed E-state index contributed by atoms with van der Waals surface area (Å²) in [6.45, 7) is 2.70. The van der Waals surface area contributed by atoms with Crippen LogP contribution in [0.4, 0.5) is 0 Å². The minimum atomic E-state index is -0.323. The van der Waals surface area contributed by atoms with Crippen molar-refractivity contribution in [2.24, 2.45) is 0 Å². The van der Waals surface area contributed by atoms with Gasteiger partial charge in [-0.1, -0.05) is 35.9 Å². The number of methoxy groups -OCH3 is 1. The van der Waals surface area contributed by atoms with Gasteiger partial charge in [-0.25, -0.2) is 9.48 Å². The Labute approximate surface area is 174 Å². The normalized spacial score (nSPS) is 11.0. The maximum atomic E-state index is 12.8. The van der Waals surface area contributed by atoms with Crippen molar-refractivity contribution >= 4 is 17.4 Å². The van der Waals surface area contributed by atoms with Crippen molar-refractivity contribution in [1.82, 2.24) is 14.3 Å².